The molecule has 1 aromatic heterocycles. The molecule has 2 heterocycles. The highest BCUT2D eigenvalue weighted by molar-refractivity contribution is 5.93. The first-order valence-corrected chi connectivity index (χ1v) is 5.92. The number of aromatic amines is 1. The summed E-state index contributed by atoms with van der Waals surface area (Å²) in [6.45, 7) is -13.0. The van der Waals surface area contributed by atoms with Crippen LogP contribution in [0.3, 0.4) is 0 Å². The van der Waals surface area contributed by atoms with E-state index in [1.165, 1.54) is 13.3 Å². The molecule has 1 aliphatic heterocycles. The summed E-state index contributed by atoms with van der Waals surface area (Å²) in [6, 6.07) is 5.12. The molecule has 3 rings (SSSR count). The van der Waals surface area contributed by atoms with Gasteiger partial charge in [-0.25, -0.2) is 0 Å². The summed E-state index contributed by atoms with van der Waals surface area (Å²) in [4.78, 5) is 15.8. The maximum absolute atomic E-state index is 12.9. The second-order valence-electron chi connectivity index (χ2n) is 4.13. The first-order chi connectivity index (χ1) is 12.8. The molecule has 0 atom stereocenters. The average molecular weight is 282 g/mol. The summed E-state index contributed by atoms with van der Waals surface area (Å²) in [6.07, 6.45) is 0.978. The molecule has 1 N–H and O–H groups in total. The average Bonchev–Trinajstić information content (AvgIpc) is 2.95. The van der Waals surface area contributed by atoms with Crippen LogP contribution in [0.2, 0.25) is 0 Å². The Labute approximate surface area is 128 Å². The third kappa shape index (κ3) is 2.36. The van der Waals surface area contributed by atoms with Crippen LogP contribution >= 0.6 is 0 Å². The predicted octanol–water partition coefficient (Wildman–Crippen LogP) is 1.58. The molecule has 0 saturated carbocycles. The van der Waals surface area contributed by atoms with Crippen molar-refractivity contribution in [1.29, 1.82) is 0 Å². The molecule has 5 heteroatoms. The number of amides is 1. The topological polar surface area (TPSA) is 54.6 Å². The number of carbonyl (C=O) groups excluding carboxylic acids is 1. The minimum Gasteiger partial charge on any atom is -0.496 e. The molecule has 0 bridgehead atoms. The van der Waals surface area contributed by atoms with Crippen molar-refractivity contribution in [2.45, 2.75) is 6.42 Å². The van der Waals surface area contributed by atoms with E-state index in [4.69, 9.17) is 15.7 Å². The number of H-pyrrole nitrogens is 1. The minimum atomic E-state index is -3.27. The number of aromatic nitrogens is 1. The molecule has 1 saturated heterocycles. The highest BCUT2D eigenvalue weighted by atomic mass is 16.5. The van der Waals surface area contributed by atoms with Crippen molar-refractivity contribution in [3.63, 3.8) is 0 Å². The van der Waals surface area contributed by atoms with Gasteiger partial charge in [-0.2, -0.15) is 0 Å². The van der Waals surface area contributed by atoms with Crippen molar-refractivity contribution in [2.24, 2.45) is 0 Å². The Morgan fingerprint density at radius 2 is 2.30 bits per heavy atom. The van der Waals surface area contributed by atoms with Crippen molar-refractivity contribution in [3.8, 4) is 5.75 Å². The summed E-state index contributed by atoms with van der Waals surface area (Å²) in [7, 11) is 1.44. The third-order valence-electron chi connectivity index (χ3n) is 2.98. The first-order valence-electron chi connectivity index (χ1n) is 9.92. The van der Waals surface area contributed by atoms with E-state index in [0.29, 0.717) is 22.2 Å². The van der Waals surface area contributed by atoms with Crippen LogP contribution in [0.1, 0.15) is 16.5 Å². The molecule has 106 valence electrons. The Balaban J connectivity index is 2.06. The van der Waals surface area contributed by atoms with Crippen molar-refractivity contribution in [1.82, 2.24) is 9.88 Å². The lowest BCUT2D eigenvalue weighted by Gasteiger charge is -2.26. The number of ether oxygens (including phenoxy) is 2. The van der Waals surface area contributed by atoms with Crippen molar-refractivity contribution < 1.29 is 25.2 Å². The third-order valence-corrected chi connectivity index (χ3v) is 2.98. The summed E-state index contributed by atoms with van der Waals surface area (Å²) in [5, 5.41) is 0.541. The molecular formula is C15H18N2O3. The van der Waals surface area contributed by atoms with Crippen LogP contribution in [0.5, 0.6) is 5.75 Å². The minimum absolute atomic E-state index is 0.0439. The van der Waals surface area contributed by atoms with E-state index in [1.807, 2.05) is 0 Å². The van der Waals surface area contributed by atoms with Gasteiger partial charge in [-0.05, 0) is 17.7 Å². The molecule has 1 amide bonds. The fourth-order valence-electron chi connectivity index (χ4n) is 2.09. The largest absolute Gasteiger partial charge is 0.496 e. The zero-order chi connectivity index (χ0) is 21.1. The summed E-state index contributed by atoms with van der Waals surface area (Å²) >= 11 is 0. The Morgan fingerprint density at radius 1 is 1.50 bits per heavy atom. The fraction of sp³-hybridized carbons (Fsp3) is 0.400. The van der Waals surface area contributed by atoms with Gasteiger partial charge < -0.3 is 19.4 Å². The predicted molar refractivity (Wildman–Crippen MR) is 76.0 cm³/mol. The molecule has 0 aliphatic carbocycles. The number of morpholine rings is 1. The fourth-order valence-corrected chi connectivity index (χ4v) is 2.09. The molecular weight excluding hydrogens is 256 g/mol. The van der Waals surface area contributed by atoms with E-state index in [2.05, 4.69) is 9.72 Å². The Bertz CT molecular complexity index is 901. The number of carbonyl (C=O) groups is 1. The van der Waals surface area contributed by atoms with Gasteiger partial charge in [-0.15, -0.1) is 0 Å². The van der Waals surface area contributed by atoms with E-state index < -0.39 is 38.4 Å². The van der Waals surface area contributed by atoms with E-state index in [1.54, 1.807) is 18.2 Å². The van der Waals surface area contributed by atoms with Crippen LogP contribution < -0.4 is 4.74 Å². The number of rotatable bonds is 3. The second kappa shape index (κ2) is 5.54. The van der Waals surface area contributed by atoms with E-state index >= 15 is 0 Å². The quantitative estimate of drug-likeness (QED) is 0.930. The normalized spacial score (nSPS) is 31.6. The highest BCUT2D eigenvalue weighted by Gasteiger charge is 2.19. The Morgan fingerprint density at radius 3 is 3.05 bits per heavy atom. The second-order valence-corrected chi connectivity index (χ2v) is 4.13. The van der Waals surface area contributed by atoms with Gasteiger partial charge in [0.2, 0.25) is 5.91 Å². The monoisotopic (exact) mass is 282 g/mol. The van der Waals surface area contributed by atoms with Crippen molar-refractivity contribution in [2.75, 3.05) is 33.2 Å². The van der Waals surface area contributed by atoms with Gasteiger partial charge in [0.15, 0.2) is 0 Å². The molecule has 5 nitrogen and oxygen atoms in total. The molecule has 20 heavy (non-hydrogen) atoms. The molecule has 0 unspecified atom stereocenters. The Kier molecular flexibility index (Phi) is 1.84. The van der Waals surface area contributed by atoms with Crippen LogP contribution in [-0.4, -0.2) is 49.0 Å². The number of fused-ring (bicyclic) bond motifs is 1. The van der Waals surface area contributed by atoms with Crippen molar-refractivity contribution >= 4 is 16.8 Å². The van der Waals surface area contributed by atoms with E-state index in [9.17, 15) is 4.79 Å². The number of benzene rings is 1. The molecule has 0 spiro atoms. The lowest BCUT2D eigenvalue weighted by atomic mass is 10.1. The van der Waals surface area contributed by atoms with Gasteiger partial charge in [-0.1, -0.05) is 6.07 Å². The first kappa shape index (κ1) is 6.63. The zero-order valence-corrected chi connectivity index (χ0v) is 10.7. The maximum atomic E-state index is 12.9. The van der Waals surface area contributed by atoms with Gasteiger partial charge in [0.05, 0.1) is 37.6 Å². The van der Waals surface area contributed by atoms with Gasteiger partial charge in [0.1, 0.15) is 5.75 Å². The summed E-state index contributed by atoms with van der Waals surface area (Å²) < 4.78 is 72.2. The van der Waals surface area contributed by atoms with E-state index in [0.717, 1.165) is 0 Å². The van der Waals surface area contributed by atoms with Crippen LogP contribution in [0.4, 0.5) is 0 Å². The Hall–Kier alpha value is -2.01. The number of hydrogen-bond donors (Lipinski definition) is 1. The molecule has 1 aliphatic rings. The van der Waals surface area contributed by atoms with Crippen LogP contribution in [0.25, 0.3) is 10.9 Å². The highest BCUT2D eigenvalue weighted by Crippen LogP contribution is 2.29. The van der Waals surface area contributed by atoms with Gasteiger partial charge in [-0.3, -0.25) is 4.79 Å². The lowest BCUT2D eigenvalue weighted by molar-refractivity contribution is -0.134. The van der Waals surface area contributed by atoms with Crippen LogP contribution in [0, 0.1) is 0 Å². The van der Waals surface area contributed by atoms with Gasteiger partial charge >= 0.3 is 0 Å². The number of hydrogen-bond acceptors (Lipinski definition) is 3. The standard InChI is InChI=1S/C15H18N2O3/c1-19-13-4-2-3-12-15(13)11(10-16-12)9-14(18)17-5-7-20-8-6-17/h2-4,10,16H,5-9H2,1H3/i5D2,6D2,7D2,8D2. The van der Waals surface area contributed by atoms with Gasteiger partial charge in [0.25, 0.3) is 0 Å². The van der Waals surface area contributed by atoms with Crippen molar-refractivity contribution in [3.05, 3.63) is 30.0 Å². The molecule has 0 radical (unpaired) electrons. The SMILES string of the molecule is [2H]C1([2H])OC([2H])([2H])C([2H])([2H])N(C(=O)Cc2c[nH]c3cccc(OC)c23)C1([2H])[2H]. The van der Waals surface area contributed by atoms with Crippen LogP contribution in [-0.2, 0) is 16.0 Å². The van der Waals surface area contributed by atoms with Crippen LogP contribution in [0.15, 0.2) is 24.4 Å². The maximum Gasteiger partial charge on any atom is 0.227 e. The van der Waals surface area contributed by atoms with E-state index in [-0.39, 0.29) is 4.90 Å². The molecule has 1 fully saturated rings. The zero-order valence-electron chi connectivity index (χ0n) is 18.7. The number of nitrogens with one attached hydrogen (secondary N) is 1. The molecule has 2 aromatic rings. The number of nitrogens with zero attached hydrogens (tertiary/aromatic N) is 1. The van der Waals surface area contributed by atoms with Gasteiger partial charge in [0, 0.05) is 30.1 Å². The smallest absolute Gasteiger partial charge is 0.227 e. The summed E-state index contributed by atoms with van der Waals surface area (Å²) in [5.41, 5.74) is 1.01. The lowest BCUT2D eigenvalue weighted by Crippen LogP contribution is -2.41. The summed E-state index contributed by atoms with van der Waals surface area (Å²) in [5.74, 6) is -0.696. The molecule has 1 aromatic carbocycles. The number of methoxy groups -OCH3 is 1.